The average Bonchev–Trinajstić information content (AvgIpc) is 2.36. The molecular weight excluding hydrogens is 298 g/mol. The van der Waals surface area contributed by atoms with Gasteiger partial charge in [0, 0.05) is 0 Å². The Kier molecular flexibility index (Phi) is 5.50. The molecule has 0 saturated heterocycles. The van der Waals surface area contributed by atoms with Gasteiger partial charge in [0.2, 0.25) is 0 Å². The van der Waals surface area contributed by atoms with Crippen molar-refractivity contribution in [2.75, 3.05) is 0 Å². The lowest BCUT2D eigenvalue weighted by molar-refractivity contribution is 0.411. The molecule has 0 aromatic heterocycles. The molecule has 0 aliphatic rings. The summed E-state index contributed by atoms with van der Waals surface area (Å²) in [6.07, 6.45) is -2.26. The van der Waals surface area contributed by atoms with E-state index in [0.717, 1.165) is 6.92 Å². The molecule has 0 fully saturated rings. The molecule has 0 bridgehead atoms. The van der Waals surface area contributed by atoms with Gasteiger partial charge in [0.1, 0.15) is 10.7 Å². The Morgan fingerprint density at radius 3 is 1.81 bits per heavy atom. The summed E-state index contributed by atoms with van der Waals surface area (Å²) in [5.41, 5.74) is 1.36. The summed E-state index contributed by atoms with van der Waals surface area (Å²) in [4.78, 5) is -1.06. The number of halogens is 2. The van der Waals surface area contributed by atoms with Gasteiger partial charge < -0.3 is 4.18 Å². The van der Waals surface area contributed by atoms with Crippen molar-refractivity contribution in [1.29, 1.82) is 0 Å². The van der Waals surface area contributed by atoms with Crippen LogP contribution in [0.4, 0.5) is 8.78 Å². The molecular formula is C15H20F2O3S. The van der Waals surface area contributed by atoms with E-state index in [1.54, 1.807) is 12.1 Å². The number of para-hydroxylation sites is 1. The van der Waals surface area contributed by atoms with E-state index in [0.29, 0.717) is 11.1 Å². The fourth-order valence-corrected chi connectivity index (χ4v) is 2.57. The Bertz CT molecular complexity index is 617. The highest BCUT2D eigenvalue weighted by Gasteiger charge is 2.25. The van der Waals surface area contributed by atoms with Crippen molar-refractivity contribution in [3.05, 3.63) is 40.3 Å². The van der Waals surface area contributed by atoms with Crippen LogP contribution in [0, 0.1) is 0 Å². The molecule has 0 aliphatic heterocycles. The first-order valence-electron chi connectivity index (χ1n) is 6.67. The largest absolute Gasteiger partial charge is 0.378 e. The molecule has 1 aromatic carbocycles. The highest BCUT2D eigenvalue weighted by atomic mass is 32.2. The molecule has 0 radical (unpaired) electrons. The van der Waals surface area contributed by atoms with Crippen molar-refractivity contribution < 1.29 is 21.4 Å². The van der Waals surface area contributed by atoms with Gasteiger partial charge in [-0.2, -0.15) is 17.2 Å². The van der Waals surface area contributed by atoms with Gasteiger partial charge in [-0.25, -0.2) is 0 Å². The molecule has 0 aliphatic carbocycles. The summed E-state index contributed by atoms with van der Waals surface area (Å²) in [5, 5.41) is 0. The first-order chi connectivity index (χ1) is 9.58. The minimum Gasteiger partial charge on any atom is -0.378 e. The number of hydrogen-bond donors (Lipinski definition) is 0. The van der Waals surface area contributed by atoms with Crippen LogP contribution >= 0.6 is 0 Å². The summed E-state index contributed by atoms with van der Waals surface area (Å²) in [7, 11) is -4.49. The van der Waals surface area contributed by atoms with Gasteiger partial charge in [-0.15, -0.1) is 0 Å². The maximum Gasteiger partial charge on any atom is 0.340 e. The maximum absolute atomic E-state index is 12.6. The summed E-state index contributed by atoms with van der Waals surface area (Å²) >= 11 is 0. The van der Waals surface area contributed by atoms with Crippen molar-refractivity contribution in [3.63, 3.8) is 0 Å². The van der Waals surface area contributed by atoms with Crippen LogP contribution < -0.4 is 4.18 Å². The van der Waals surface area contributed by atoms with Crippen LogP contribution in [0.5, 0.6) is 5.75 Å². The van der Waals surface area contributed by atoms with Gasteiger partial charge in [0.05, 0.1) is 0 Å². The Hall–Kier alpha value is -1.43. The zero-order valence-corrected chi connectivity index (χ0v) is 13.6. The lowest BCUT2D eigenvalue weighted by atomic mass is 9.94. The SMILES string of the molecule is CC(=C(F)F)S(=O)(=O)Oc1c(C(C)C)cccc1C(C)C. The minimum absolute atomic E-state index is 0.00779. The molecule has 3 nitrogen and oxygen atoms in total. The molecule has 6 heteroatoms. The molecule has 0 spiro atoms. The van der Waals surface area contributed by atoms with Crippen LogP contribution in [0.2, 0.25) is 0 Å². The Morgan fingerprint density at radius 2 is 1.48 bits per heavy atom. The molecule has 0 N–H and O–H groups in total. The lowest BCUT2D eigenvalue weighted by Crippen LogP contribution is -2.14. The molecule has 1 aromatic rings. The lowest BCUT2D eigenvalue weighted by Gasteiger charge is -2.19. The third-order valence-electron chi connectivity index (χ3n) is 3.15. The monoisotopic (exact) mass is 318 g/mol. The highest BCUT2D eigenvalue weighted by molar-refractivity contribution is 7.91. The highest BCUT2D eigenvalue weighted by Crippen LogP contribution is 2.36. The van der Waals surface area contributed by atoms with Crippen LogP contribution in [0.25, 0.3) is 0 Å². The molecule has 1 rings (SSSR count). The second kappa shape index (κ2) is 6.56. The third kappa shape index (κ3) is 4.03. The van der Waals surface area contributed by atoms with Crippen molar-refractivity contribution in [1.82, 2.24) is 0 Å². The summed E-state index contributed by atoms with van der Waals surface area (Å²) in [6.45, 7) is 8.38. The van der Waals surface area contributed by atoms with E-state index in [-0.39, 0.29) is 17.6 Å². The molecule has 21 heavy (non-hydrogen) atoms. The van der Waals surface area contributed by atoms with Crippen LogP contribution in [0.3, 0.4) is 0 Å². The van der Waals surface area contributed by atoms with Gasteiger partial charge in [-0.1, -0.05) is 45.9 Å². The second-order valence-corrected chi connectivity index (χ2v) is 7.12. The normalized spacial score (nSPS) is 11.9. The van der Waals surface area contributed by atoms with Gasteiger partial charge in [0.25, 0.3) is 6.08 Å². The summed E-state index contributed by atoms with van der Waals surface area (Å²) in [5.74, 6) is 0.171. The van der Waals surface area contributed by atoms with E-state index in [9.17, 15) is 17.2 Å². The maximum atomic E-state index is 12.6. The van der Waals surface area contributed by atoms with E-state index in [1.165, 1.54) is 0 Å². The van der Waals surface area contributed by atoms with Crippen molar-refractivity contribution in [3.8, 4) is 5.75 Å². The predicted octanol–water partition coefficient (Wildman–Crippen LogP) is 4.77. The van der Waals surface area contributed by atoms with Crippen molar-refractivity contribution >= 4 is 10.1 Å². The first-order valence-corrected chi connectivity index (χ1v) is 8.08. The zero-order valence-electron chi connectivity index (χ0n) is 12.8. The molecule has 0 heterocycles. The van der Waals surface area contributed by atoms with Crippen LogP contribution in [0.15, 0.2) is 29.2 Å². The topological polar surface area (TPSA) is 43.4 Å². The molecule has 118 valence electrons. The van der Waals surface area contributed by atoms with Crippen LogP contribution in [0.1, 0.15) is 57.6 Å². The van der Waals surface area contributed by atoms with Gasteiger partial charge in [-0.05, 0) is 29.9 Å². The van der Waals surface area contributed by atoms with E-state index in [2.05, 4.69) is 0 Å². The summed E-state index contributed by atoms with van der Waals surface area (Å²) in [6, 6.07) is 5.29. The molecule has 0 atom stereocenters. The first kappa shape index (κ1) is 17.6. The van der Waals surface area contributed by atoms with Crippen molar-refractivity contribution in [2.45, 2.75) is 46.5 Å². The number of rotatable bonds is 5. The van der Waals surface area contributed by atoms with Crippen LogP contribution in [-0.2, 0) is 10.1 Å². The van der Waals surface area contributed by atoms with Gasteiger partial charge in [-0.3, -0.25) is 0 Å². The minimum atomic E-state index is -4.49. The molecule has 0 saturated carbocycles. The number of hydrogen-bond acceptors (Lipinski definition) is 3. The van der Waals surface area contributed by atoms with E-state index < -0.39 is 21.1 Å². The van der Waals surface area contributed by atoms with Gasteiger partial charge in [0.15, 0.2) is 0 Å². The second-order valence-electron chi connectivity index (χ2n) is 5.43. The smallest absolute Gasteiger partial charge is 0.340 e. The standard InChI is InChI=1S/C15H20F2O3S/c1-9(2)12-7-6-8-13(10(3)4)14(12)20-21(18,19)11(5)15(16)17/h6-10H,1-5H3. The van der Waals surface area contributed by atoms with E-state index >= 15 is 0 Å². The summed E-state index contributed by atoms with van der Waals surface area (Å²) < 4.78 is 54.0. The van der Waals surface area contributed by atoms with E-state index in [1.807, 2.05) is 33.8 Å². The molecule has 0 unspecified atom stereocenters. The number of benzene rings is 1. The zero-order chi connectivity index (χ0) is 16.4. The van der Waals surface area contributed by atoms with Crippen LogP contribution in [-0.4, -0.2) is 8.42 Å². The fraction of sp³-hybridized carbons (Fsp3) is 0.467. The Balaban J connectivity index is 3.46. The Morgan fingerprint density at radius 1 is 1.05 bits per heavy atom. The quantitative estimate of drug-likeness (QED) is 0.734. The van der Waals surface area contributed by atoms with E-state index in [4.69, 9.17) is 4.18 Å². The third-order valence-corrected chi connectivity index (χ3v) is 4.44. The Labute approximate surface area is 124 Å². The average molecular weight is 318 g/mol. The van der Waals surface area contributed by atoms with Crippen molar-refractivity contribution in [2.24, 2.45) is 0 Å². The molecule has 0 amide bonds. The van der Waals surface area contributed by atoms with Gasteiger partial charge >= 0.3 is 10.1 Å². The number of allylic oxidation sites excluding steroid dienone is 1. The predicted molar refractivity (Wildman–Crippen MR) is 79.1 cm³/mol. The fourth-order valence-electron chi connectivity index (χ4n) is 1.85.